The van der Waals surface area contributed by atoms with Crippen LogP contribution in [0.2, 0.25) is 0 Å². The fraction of sp³-hybridized carbons (Fsp3) is 0.846. The Labute approximate surface area is 143 Å². The first-order chi connectivity index (χ1) is 9.03. The minimum Gasteiger partial charge on any atom is -0.469 e. The first kappa shape index (κ1) is 19.8. The molecule has 7 heteroatoms. The summed E-state index contributed by atoms with van der Waals surface area (Å²) in [6, 6.07) is 0. The van der Waals surface area contributed by atoms with Gasteiger partial charge in [0.25, 0.3) is 0 Å². The van der Waals surface area contributed by atoms with Crippen LogP contribution in [0, 0.1) is 11.8 Å². The molecular weight excluding hydrogens is 389 g/mol. The van der Waals surface area contributed by atoms with Gasteiger partial charge in [-0.3, -0.25) is 9.79 Å². The van der Waals surface area contributed by atoms with Crippen LogP contribution in [0.4, 0.5) is 0 Å². The Balaban J connectivity index is 0.00000361. The smallest absolute Gasteiger partial charge is 0.310 e. The van der Waals surface area contributed by atoms with E-state index in [1.807, 2.05) is 11.8 Å². The normalized spacial score (nSPS) is 24.1. The number of hydrogen-bond acceptors (Lipinski definition) is 4. The number of halogens is 1. The third-order valence-electron chi connectivity index (χ3n) is 3.58. The predicted molar refractivity (Wildman–Crippen MR) is 96.0 cm³/mol. The Morgan fingerprint density at radius 1 is 1.55 bits per heavy atom. The maximum atomic E-state index is 11.7. The van der Waals surface area contributed by atoms with E-state index in [-0.39, 0.29) is 35.9 Å². The van der Waals surface area contributed by atoms with Crippen LogP contribution in [-0.2, 0) is 9.53 Å². The molecule has 1 aliphatic rings. The summed E-state index contributed by atoms with van der Waals surface area (Å²) in [6.45, 7) is 6.66. The molecule has 0 aliphatic carbocycles. The van der Waals surface area contributed by atoms with E-state index in [4.69, 9.17) is 4.74 Å². The molecule has 1 N–H and O–H groups in total. The minimum atomic E-state index is -0.122. The van der Waals surface area contributed by atoms with Crippen LogP contribution in [0.25, 0.3) is 0 Å². The Hall–Kier alpha value is -0.180. The van der Waals surface area contributed by atoms with Crippen LogP contribution in [-0.4, -0.2) is 62.1 Å². The van der Waals surface area contributed by atoms with Crippen LogP contribution in [0.15, 0.2) is 4.99 Å². The molecule has 5 nitrogen and oxygen atoms in total. The summed E-state index contributed by atoms with van der Waals surface area (Å²) in [4.78, 5) is 18.1. The summed E-state index contributed by atoms with van der Waals surface area (Å²) in [5, 5.41) is 3.90. The highest BCUT2D eigenvalue weighted by atomic mass is 127. The van der Waals surface area contributed by atoms with Gasteiger partial charge in [-0.05, 0) is 12.2 Å². The predicted octanol–water partition coefficient (Wildman–Crippen LogP) is 1.67. The number of ether oxygens (including phenoxy) is 1. The van der Waals surface area contributed by atoms with Crippen molar-refractivity contribution in [3.63, 3.8) is 0 Å². The standard InChI is InChI=1S/C13H25N3O2S.HI/c1-9-7-16(8-11(9)12(17)18-4)13(14-3)15-6-10(2)19-5;/h9-11H,6-8H2,1-5H3,(H,14,15);1H. The zero-order valence-electron chi connectivity index (χ0n) is 12.9. The van der Waals surface area contributed by atoms with Crippen molar-refractivity contribution in [2.45, 2.75) is 19.1 Å². The van der Waals surface area contributed by atoms with Crippen molar-refractivity contribution in [2.75, 3.05) is 40.0 Å². The molecule has 3 unspecified atom stereocenters. The van der Waals surface area contributed by atoms with E-state index in [2.05, 4.69) is 35.3 Å². The average Bonchev–Trinajstić information content (AvgIpc) is 2.80. The number of nitrogens with one attached hydrogen (secondary N) is 1. The molecule has 118 valence electrons. The largest absolute Gasteiger partial charge is 0.469 e. The number of guanidine groups is 1. The summed E-state index contributed by atoms with van der Waals surface area (Å²) in [5.74, 6) is 0.993. The van der Waals surface area contributed by atoms with E-state index in [0.29, 0.717) is 17.7 Å². The Bertz CT molecular complexity index is 342. The molecule has 1 rings (SSSR count). The highest BCUT2D eigenvalue weighted by Gasteiger charge is 2.36. The Kier molecular flexibility index (Phi) is 9.61. The number of hydrogen-bond donors (Lipinski definition) is 1. The molecule has 0 radical (unpaired) electrons. The van der Waals surface area contributed by atoms with Gasteiger partial charge in [0, 0.05) is 31.9 Å². The van der Waals surface area contributed by atoms with Gasteiger partial charge >= 0.3 is 5.97 Å². The Morgan fingerprint density at radius 2 is 2.20 bits per heavy atom. The van der Waals surface area contributed by atoms with E-state index in [0.717, 1.165) is 19.0 Å². The van der Waals surface area contributed by atoms with E-state index in [1.54, 1.807) is 7.05 Å². The highest BCUT2D eigenvalue weighted by Crippen LogP contribution is 2.24. The van der Waals surface area contributed by atoms with Crippen LogP contribution < -0.4 is 5.32 Å². The molecular formula is C13H26IN3O2S. The van der Waals surface area contributed by atoms with Gasteiger partial charge in [0.2, 0.25) is 0 Å². The lowest BCUT2D eigenvalue weighted by Crippen LogP contribution is -2.42. The number of methoxy groups -OCH3 is 1. The third-order valence-corrected chi connectivity index (χ3v) is 4.55. The van der Waals surface area contributed by atoms with Gasteiger partial charge in [-0.25, -0.2) is 0 Å². The summed E-state index contributed by atoms with van der Waals surface area (Å²) in [6.07, 6.45) is 2.10. The summed E-state index contributed by atoms with van der Waals surface area (Å²) in [5.41, 5.74) is 0. The fourth-order valence-electron chi connectivity index (χ4n) is 2.25. The second-order valence-corrected chi connectivity index (χ2v) is 6.26. The molecule has 0 saturated carbocycles. The van der Waals surface area contributed by atoms with Gasteiger partial charge in [0.05, 0.1) is 13.0 Å². The number of thioether (sulfide) groups is 1. The van der Waals surface area contributed by atoms with Gasteiger partial charge in [0.15, 0.2) is 5.96 Å². The second-order valence-electron chi connectivity index (χ2n) is 4.99. The second kappa shape index (κ2) is 9.70. The lowest BCUT2D eigenvalue weighted by Gasteiger charge is -2.22. The lowest BCUT2D eigenvalue weighted by molar-refractivity contribution is -0.145. The number of rotatable bonds is 4. The van der Waals surface area contributed by atoms with E-state index in [1.165, 1.54) is 7.11 Å². The molecule has 0 spiro atoms. The maximum absolute atomic E-state index is 11.7. The zero-order valence-corrected chi connectivity index (χ0v) is 16.0. The molecule has 1 heterocycles. The number of nitrogens with zero attached hydrogens (tertiary/aromatic N) is 2. The minimum absolute atomic E-state index is 0. The van der Waals surface area contributed by atoms with Crippen molar-refractivity contribution in [1.29, 1.82) is 0 Å². The average molecular weight is 415 g/mol. The SMILES string of the molecule is CN=C(NCC(C)SC)N1CC(C)C(C(=O)OC)C1.I. The van der Waals surface area contributed by atoms with Crippen molar-refractivity contribution in [2.24, 2.45) is 16.8 Å². The molecule has 1 saturated heterocycles. The summed E-state index contributed by atoms with van der Waals surface area (Å²) >= 11 is 1.82. The lowest BCUT2D eigenvalue weighted by atomic mass is 9.99. The number of likely N-dealkylation sites (tertiary alicyclic amines) is 1. The Morgan fingerprint density at radius 3 is 2.70 bits per heavy atom. The number of esters is 1. The molecule has 20 heavy (non-hydrogen) atoms. The maximum Gasteiger partial charge on any atom is 0.310 e. The van der Waals surface area contributed by atoms with Crippen molar-refractivity contribution in [3.05, 3.63) is 0 Å². The quantitative estimate of drug-likeness (QED) is 0.328. The molecule has 0 aromatic heterocycles. The zero-order chi connectivity index (χ0) is 14.4. The number of carbonyl (C=O) groups excluding carboxylic acids is 1. The van der Waals surface area contributed by atoms with Crippen LogP contribution in [0.3, 0.4) is 0 Å². The van der Waals surface area contributed by atoms with Gasteiger partial charge in [-0.15, -0.1) is 24.0 Å². The van der Waals surface area contributed by atoms with Crippen molar-refractivity contribution >= 4 is 47.7 Å². The van der Waals surface area contributed by atoms with Crippen molar-refractivity contribution < 1.29 is 9.53 Å². The fourth-order valence-corrected chi connectivity index (χ4v) is 2.50. The number of aliphatic imine (C=N–C) groups is 1. The van der Waals surface area contributed by atoms with E-state index in [9.17, 15) is 4.79 Å². The monoisotopic (exact) mass is 415 g/mol. The van der Waals surface area contributed by atoms with Gasteiger partial charge in [-0.1, -0.05) is 13.8 Å². The summed E-state index contributed by atoms with van der Waals surface area (Å²) < 4.78 is 4.85. The first-order valence-corrected chi connectivity index (χ1v) is 7.88. The molecule has 0 amide bonds. The van der Waals surface area contributed by atoms with Gasteiger partial charge in [-0.2, -0.15) is 11.8 Å². The highest BCUT2D eigenvalue weighted by molar-refractivity contribution is 14.0. The van der Waals surface area contributed by atoms with Gasteiger partial charge in [0.1, 0.15) is 0 Å². The van der Waals surface area contributed by atoms with Crippen LogP contribution in [0.5, 0.6) is 0 Å². The first-order valence-electron chi connectivity index (χ1n) is 6.59. The van der Waals surface area contributed by atoms with E-state index >= 15 is 0 Å². The molecule has 1 fully saturated rings. The van der Waals surface area contributed by atoms with Gasteiger partial charge < -0.3 is 15.0 Å². The topological polar surface area (TPSA) is 53.9 Å². The third kappa shape index (κ3) is 5.31. The van der Waals surface area contributed by atoms with E-state index < -0.39 is 0 Å². The summed E-state index contributed by atoms with van der Waals surface area (Å²) in [7, 11) is 3.23. The van der Waals surface area contributed by atoms with Crippen LogP contribution >= 0.6 is 35.7 Å². The molecule has 0 aromatic carbocycles. The van der Waals surface area contributed by atoms with Crippen LogP contribution in [0.1, 0.15) is 13.8 Å². The molecule has 0 bridgehead atoms. The molecule has 1 aliphatic heterocycles. The van der Waals surface area contributed by atoms with Crippen molar-refractivity contribution in [3.8, 4) is 0 Å². The molecule has 0 aromatic rings. The number of carbonyl (C=O) groups is 1. The van der Waals surface area contributed by atoms with Crippen molar-refractivity contribution in [1.82, 2.24) is 10.2 Å². The molecule has 3 atom stereocenters.